The number of rotatable bonds is 18. The molecule has 0 spiro atoms. The molecule has 1 aliphatic heterocycles. The van der Waals surface area contributed by atoms with E-state index in [2.05, 4.69) is 12.7 Å². The maximum atomic E-state index is 14.2. The van der Waals surface area contributed by atoms with Crippen LogP contribution in [0.5, 0.6) is 11.5 Å². The Morgan fingerprint density at radius 3 is 2.48 bits per heavy atom. The molecule has 6 rings (SSSR count). The second-order valence-corrected chi connectivity index (χ2v) is 14.7. The van der Waals surface area contributed by atoms with Crippen LogP contribution in [-0.4, -0.2) is 75.5 Å². The van der Waals surface area contributed by atoms with Gasteiger partial charge in [-0.3, -0.25) is 14.9 Å². The second kappa shape index (κ2) is 18.6. The molecule has 12 heteroatoms. The van der Waals surface area contributed by atoms with Gasteiger partial charge in [-0.15, -0.1) is 6.58 Å². The highest BCUT2D eigenvalue weighted by molar-refractivity contribution is 6.03. The van der Waals surface area contributed by atoms with E-state index in [1.807, 2.05) is 30.3 Å². The molecule has 1 amide bonds. The number of benzene rings is 3. The fourth-order valence-electron chi connectivity index (χ4n) is 8.64. The Kier molecular flexibility index (Phi) is 13.4. The molecule has 6 atom stereocenters. The minimum absolute atomic E-state index is 0.0263. The third-order valence-electron chi connectivity index (χ3n) is 11.2. The molecule has 3 aliphatic rings. The summed E-state index contributed by atoms with van der Waals surface area (Å²) in [6.45, 7) is 4.46. The van der Waals surface area contributed by atoms with Gasteiger partial charge < -0.3 is 34.5 Å². The summed E-state index contributed by atoms with van der Waals surface area (Å²) in [7, 11) is 1.70. The molecule has 0 radical (unpaired) electrons. The van der Waals surface area contributed by atoms with Crippen molar-refractivity contribution < 1.29 is 39.3 Å². The van der Waals surface area contributed by atoms with Gasteiger partial charge in [0.1, 0.15) is 24.1 Å². The van der Waals surface area contributed by atoms with Crippen LogP contribution in [0.2, 0.25) is 0 Å². The average Bonchev–Trinajstić information content (AvgIpc) is 3.21. The molecule has 3 aromatic carbocycles. The van der Waals surface area contributed by atoms with Crippen molar-refractivity contribution >= 4 is 23.4 Å². The second-order valence-electron chi connectivity index (χ2n) is 14.7. The maximum absolute atomic E-state index is 14.2. The molecule has 0 bridgehead atoms. The van der Waals surface area contributed by atoms with Gasteiger partial charge >= 0.3 is 0 Å². The Morgan fingerprint density at radius 2 is 1.79 bits per heavy atom. The monoisotopic (exact) mass is 765 g/mol. The molecular formula is C44H51N3O9. The molecule has 0 aromatic heterocycles. The lowest BCUT2D eigenvalue weighted by atomic mass is 9.55. The van der Waals surface area contributed by atoms with Gasteiger partial charge in [-0.2, -0.15) is 0 Å². The van der Waals surface area contributed by atoms with E-state index in [1.165, 1.54) is 18.2 Å². The number of amides is 1. The van der Waals surface area contributed by atoms with Crippen LogP contribution < -0.4 is 4.74 Å². The predicted octanol–water partition coefficient (Wildman–Crippen LogP) is 7.31. The lowest BCUT2D eigenvalue weighted by Gasteiger charge is -2.59. The number of aliphatic hydroxyl groups excluding tert-OH is 2. The largest absolute Gasteiger partial charge is 0.508 e. The molecule has 12 nitrogen and oxygen atoms in total. The lowest BCUT2D eigenvalue weighted by molar-refractivity contribution is -0.384. The van der Waals surface area contributed by atoms with Gasteiger partial charge in [0.25, 0.3) is 5.69 Å². The number of nitrogens with zero attached hydrogens (tertiary/aromatic N) is 3. The van der Waals surface area contributed by atoms with E-state index < -0.39 is 22.7 Å². The fourth-order valence-corrected chi connectivity index (χ4v) is 8.64. The smallest absolute Gasteiger partial charge is 0.269 e. The number of non-ortho nitro benzene ring substituents is 1. The van der Waals surface area contributed by atoms with E-state index in [1.54, 1.807) is 54.4 Å². The standard InChI is InChI=1S/C44H51N3O9/c1-3-25-54-44-40(46(2)41(51)22-17-30-15-18-33(19-16-30)47(52)53)28-38(45-55-29-31-11-5-4-6-12-31)36-26-32(13-7-9-23-48)35(14-8-10-24-49)42(43(36)44)37-27-34(50)20-21-39(37)56-44/h3-6,11-12,15-22,26-27,32,35,40,42-43,48-50H,1,7-10,13-14,23-25,28-29H2,2H3. The lowest BCUT2D eigenvalue weighted by Crippen LogP contribution is -2.69. The number of aromatic hydroxyl groups is 1. The highest BCUT2D eigenvalue weighted by Gasteiger charge is 2.65. The number of phenolic OH excluding ortho intramolecular Hbond substituents is 1. The summed E-state index contributed by atoms with van der Waals surface area (Å²) in [6, 6.07) is 20.1. The van der Waals surface area contributed by atoms with E-state index in [9.17, 15) is 30.2 Å². The van der Waals surface area contributed by atoms with Crippen LogP contribution in [0.25, 0.3) is 6.08 Å². The topological polar surface area (TPSA) is 164 Å². The molecule has 0 saturated heterocycles. The fraction of sp³-hybridized carbons (Fsp3) is 0.409. The average molecular weight is 766 g/mol. The first-order valence-corrected chi connectivity index (χ1v) is 19.3. The number of hydrogen-bond acceptors (Lipinski definition) is 10. The quantitative estimate of drug-likeness (QED) is 0.0396. The summed E-state index contributed by atoms with van der Waals surface area (Å²) in [4.78, 5) is 32.6. The van der Waals surface area contributed by atoms with Crippen LogP contribution in [0.3, 0.4) is 0 Å². The molecule has 3 aromatic rings. The normalized spacial score (nSPS) is 24.4. The molecule has 6 unspecified atom stereocenters. The summed E-state index contributed by atoms with van der Waals surface area (Å²) in [6.07, 6.45) is 11.6. The van der Waals surface area contributed by atoms with Crippen molar-refractivity contribution in [2.45, 2.75) is 69.3 Å². The van der Waals surface area contributed by atoms with Gasteiger partial charge in [0, 0.05) is 56.4 Å². The maximum Gasteiger partial charge on any atom is 0.269 e. The number of carbonyl (C=O) groups is 1. The van der Waals surface area contributed by atoms with Crippen LogP contribution in [-0.2, 0) is 21.0 Å². The summed E-state index contributed by atoms with van der Waals surface area (Å²) < 4.78 is 13.9. The van der Waals surface area contributed by atoms with Gasteiger partial charge in [-0.1, -0.05) is 60.5 Å². The zero-order valence-corrected chi connectivity index (χ0v) is 31.7. The molecule has 296 valence electrons. The van der Waals surface area contributed by atoms with Crippen molar-refractivity contribution in [2.75, 3.05) is 26.9 Å². The number of allylic oxidation sites excluding steroid dienone is 1. The highest BCUT2D eigenvalue weighted by Crippen LogP contribution is 2.61. The zero-order chi connectivity index (χ0) is 39.7. The Hall–Kier alpha value is -5.30. The number of nitro benzene ring substituents is 1. The van der Waals surface area contributed by atoms with Crippen molar-refractivity contribution in [3.05, 3.63) is 130 Å². The van der Waals surface area contributed by atoms with Gasteiger partial charge in [0.05, 0.1) is 23.2 Å². The van der Waals surface area contributed by atoms with Crippen molar-refractivity contribution in [2.24, 2.45) is 22.9 Å². The minimum atomic E-state index is -1.43. The van der Waals surface area contributed by atoms with Gasteiger partial charge in [-0.05, 0) is 90.6 Å². The highest BCUT2D eigenvalue weighted by atomic mass is 16.7. The number of phenols is 1. The number of ether oxygens (including phenoxy) is 2. The molecule has 3 N–H and O–H groups in total. The van der Waals surface area contributed by atoms with Gasteiger partial charge in [0.15, 0.2) is 0 Å². The van der Waals surface area contributed by atoms with Crippen molar-refractivity contribution in [3.8, 4) is 11.5 Å². The number of hydrogen-bond donors (Lipinski definition) is 3. The molecular weight excluding hydrogens is 714 g/mol. The number of likely N-dealkylation sites (N-methyl/N-ethyl adjacent to an activating group) is 1. The van der Waals surface area contributed by atoms with Crippen LogP contribution >= 0.6 is 0 Å². The Labute approximate surface area is 327 Å². The Morgan fingerprint density at radius 1 is 1.05 bits per heavy atom. The zero-order valence-electron chi connectivity index (χ0n) is 31.7. The van der Waals surface area contributed by atoms with Crippen molar-refractivity contribution in [3.63, 3.8) is 0 Å². The Bertz CT molecular complexity index is 1930. The van der Waals surface area contributed by atoms with E-state index >= 15 is 0 Å². The van der Waals surface area contributed by atoms with Crippen molar-refractivity contribution in [1.29, 1.82) is 0 Å². The van der Waals surface area contributed by atoms with Crippen LogP contribution in [0.1, 0.15) is 67.6 Å². The third-order valence-corrected chi connectivity index (χ3v) is 11.2. The van der Waals surface area contributed by atoms with E-state index in [-0.39, 0.29) is 67.9 Å². The first kappa shape index (κ1) is 40.4. The van der Waals surface area contributed by atoms with E-state index in [0.29, 0.717) is 29.9 Å². The summed E-state index contributed by atoms with van der Waals surface area (Å²) in [5, 5.41) is 46.4. The predicted molar refractivity (Wildman–Crippen MR) is 213 cm³/mol. The summed E-state index contributed by atoms with van der Waals surface area (Å²) >= 11 is 0. The number of carbonyl (C=O) groups excluding carboxylic acids is 1. The number of oxime groups is 1. The minimum Gasteiger partial charge on any atom is -0.508 e. The molecule has 2 aliphatic carbocycles. The number of unbranched alkanes of at least 4 members (excludes halogenated alkanes) is 2. The third kappa shape index (κ3) is 8.72. The SMILES string of the molecule is C=CCOC12Oc3ccc(O)cc3C3C(CCCCO)C(CCCCO)C=C(C(=NOCc4ccccc4)CC1N(C)C(=O)C=Cc1ccc([N+](=O)[O-])cc1)C32. The first-order chi connectivity index (χ1) is 27.2. The van der Waals surface area contributed by atoms with Gasteiger partial charge in [-0.25, -0.2) is 0 Å². The van der Waals surface area contributed by atoms with Crippen LogP contribution in [0.4, 0.5) is 5.69 Å². The molecule has 56 heavy (non-hydrogen) atoms. The summed E-state index contributed by atoms with van der Waals surface area (Å²) in [5.74, 6) is -1.80. The van der Waals surface area contributed by atoms with E-state index in [4.69, 9.17) is 19.5 Å². The summed E-state index contributed by atoms with van der Waals surface area (Å²) in [5.41, 5.74) is 3.90. The molecule has 1 saturated carbocycles. The number of nitro groups is 1. The van der Waals surface area contributed by atoms with Crippen LogP contribution in [0, 0.1) is 27.9 Å². The number of aliphatic hydroxyl groups is 2. The first-order valence-electron chi connectivity index (χ1n) is 19.3. The van der Waals surface area contributed by atoms with E-state index in [0.717, 1.165) is 42.4 Å². The van der Waals surface area contributed by atoms with Gasteiger partial charge in [0.2, 0.25) is 11.7 Å². The van der Waals surface area contributed by atoms with Crippen molar-refractivity contribution in [1.82, 2.24) is 4.90 Å². The van der Waals surface area contributed by atoms with Crippen LogP contribution in [0.15, 0.2) is 108 Å². The molecule has 1 fully saturated rings. The number of fused-ring (bicyclic) bond motifs is 2. The Balaban J connectivity index is 1.49. The molecule has 1 heterocycles.